The molecule has 20 heavy (non-hydrogen) atoms. The summed E-state index contributed by atoms with van der Waals surface area (Å²) in [6, 6.07) is 7.59. The van der Waals surface area contributed by atoms with E-state index >= 15 is 0 Å². The third kappa shape index (κ3) is 4.08. The minimum Gasteiger partial charge on any atom is -0.481 e. The molecule has 2 amide bonds. The van der Waals surface area contributed by atoms with Gasteiger partial charge in [0.25, 0.3) is 5.91 Å². The minimum atomic E-state index is -1.03. The first-order chi connectivity index (χ1) is 9.47. The number of aliphatic carboxylic acids is 1. The van der Waals surface area contributed by atoms with Crippen molar-refractivity contribution in [2.45, 2.75) is 25.8 Å². The van der Waals surface area contributed by atoms with Crippen molar-refractivity contribution in [3.05, 3.63) is 35.9 Å². The van der Waals surface area contributed by atoms with E-state index in [0.717, 1.165) is 0 Å². The molecule has 0 fully saturated rings. The Morgan fingerprint density at radius 3 is 2.30 bits per heavy atom. The number of amides is 2. The molecule has 0 saturated heterocycles. The zero-order valence-corrected chi connectivity index (χ0v) is 11.3. The second-order valence-corrected chi connectivity index (χ2v) is 4.31. The molecule has 6 heteroatoms. The van der Waals surface area contributed by atoms with E-state index in [-0.39, 0.29) is 25.3 Å². The molecule has 0 bridgehead atoms. The van der Waals surface area contributed by atoms with E-state index in [1.165, 1.54) is 4.90 Å². The van der Waals surface area contributed by atoms with Gasteiger partial charge in [-0.2, -0.15) is 0 Å². The van der Waals surface area contributed by atoms with Crippen molar-refractivity contribution in [2.24, 2.45) is 5.73 Å². The summed E-state index contributed by atoms with van der Waals surface area (Å²) in [6.45, 7) is 2.00. The van der Waals surface area contributed by atoms with Crippen molar-refractivity contribution in [2.75, 3.05) is 6.54 Å². The zero-order valence-electron chi connectivity index (χ0n) is 11.3. The minimum absolute atomic E-state index is 0.0110. The first-order valence-electron chi connectivity index (χ1n) is 6.34. The largest absolute Gasteiger partial charge is 0.481 e. The molecule has 0 radical (unpaired) electrons. The van der Waals surface area contributed by atoms with Gasteiger partial charge in [-0.25, -0.2) is 0 Å². The van der Waals surface area contributed by atoms with Crippen LogP contribution in [0.15, 0.2) is 30.3 Å². The van der Waals surface area contributed by atoms with Gasteiger partial charge >= 0.3 is 5.97 Å². The quantitative estimate of drug-likeness (QED) is 0.772. The third-order valence-corrected chi connectivity index (χ3v) is 2.96. The molecule has 6 nitrogen and oxygen atoms in total. The Balaban J connectivity index is 2.92. The van der Waals surface area contributed by atoms with Crippen LogP contribution in [-0.4, -0.2) is 40.4 Å². The van der Waals surface area contributed by atoms with Crippen LogP contribution in [0.5, 0.6) is 0 Å². The van der Waals surface area contributed by atoms with Gasteiger partial charge in [0, 0.05) is 18.5 Å². The van der Waals surface area contributed by atoms with Crippen molar-refractivity contribution in [1.82, 2.24) is 4.90 Å². The number of carbonyl (C=O) groups excluding carboxylic acids is 2. The van der Waals surface area contributed by atoms with Crippen LogP contribution in [-0.2, 0) is 9.59 Å². The molecule has 3 N–H and O–H groups in total. The highest BCUT2D eigenvalue weighted by molar-refractivity contribution is 5.97. The van der Waals surface area contributed by atoms with Gasteiger partial charge in [-0.3, -0.25) is 14.4 Å². The van der Waals surface area contributed by atoms with Crippen LogP contribution < -0.4 is 5.73 Å². The molecule has 1 aromatic carbocycles. The molecule has 0 heterocycles. The number of hydrogen-bond donors (Lipinski definition) is 2. The molecule has 0 aromatic heterocycles. The smallest absolute Gasteiger partial charge is 0.303 e. The number of benzene rings is 1. The fourth-order valence-corrected chi connectivity index (χ4v) is 1.96. The van der Waals surface area contributed by atoms with Crippen LogP contribution in [0, 0.1) is 0 Å². The van der Waals surface area contributed by atoms with Gasteiger partial charge in [-0.05, 0) is 25.5 Å². The number of nitrogens with zero attached hydrogens (tertiary/aromatic N) is 1. The third-order valence-electron chi connectivity index (χ3n) is 2.96. The predicted octanol–water partition coefficient (Wildman–Crippen LogP) is 0.867. The van der Waals surface area contributed by atoms with Crippen molar-refractivity contribution in [1.29, 1.82) is 0 Å². The highest BCUT2D eigenvalue weighted by Crippen LogP contribution is 2.12. The number of nitrogens with two attached hydrogens (primary N) is 1. The number of hydrogen-bond acceptors (Lipinski definition) is 3. The number of likely N-dealkylation sites (N-methyl/N-ethyl adjacent to an activating group) is 1. The van der Waals surface area contributed by atoms with Gasteiger partial charge < -0.3 is 15.7 Å². The Morgan fingerprint density at radius 2 is 1.85 bits per heavy atom. The SMILES string of the molecule is CCN(C(=O)c1ccccc1)C(CCC(=O)O)C(N)=O. The van der Waals surface area contributed by atoms with E-state index in [2.05, 4.69) is 0 Å². The fourth-order valence-electron chi connectivity index (χ4n) is 1.96. The van der Waals surface area contributed by atoms with Crippen molar-refractivity contribution >= 4 is 17.8 Å². The van der Waals surface area contributed by atoms with Crippen molar-refractivity contribution in [3.63, 3.8) is 0 Å². The summed E-state index contributed by atoms with van der Waals surface area (Å²) in [6.07, 6.45) is -0.205. The maximum Gasteiger partial charge on any atom is 0.303 e. The van der Waals surface area contributed by atoms with Gasteiger partial charge in [0.05, 0.1) is 0 Å². The second kappa shape index (κ2) is 7.28. The molecule has 1 rings (SSSR count). The summed E-state index contributed by atoms with van der Waals surface area (Å²) in [5.41, 5.74) is 5.73. The molecule has 1 aromatic rings. The Kier molecular flexibility index (Phi) is 5.71. The van der Waals surface area contributed by atoms with E-state index in [9.17, 15) is 14.4 Å². The van der Waals surface area contributed by atoms with Gasteiger partial charge in [-0.1, -0.05) is 18.2 Å². The van der Waals surface area contributed by atoms with E-state index in [1.807, 2.05) is 0 Å². The lowest BCUT2D eigenvalue weighted by molar-refractivity contribution is -0.137. The van der Waals surface area contributed by atoms with E-state index < -0.39 is 17.9 Å². The number of carboxylic acids is 1. The van der Waals surface area contributed by atoms with Gasteiger partial charge in [-0.15, -0.1) is 0 Å². The zero-order chi connectivity index (χ0) is 15.1. The number of carboxylic acid groups (broad SMARTS) is 1. The van der Waals surface area contributed by atoms with Gasteiger partial charge in [0.2, 0.25) is 5.91 Å². The highest BCUT2D eigenvalue weighted by atomic mass is 16.4. The molecule has 0 aliphatic heterocycles. The molecule has 0 aliphatic carbocycles. The molecule has 1 unspecified atom stereocenters. The monoisotopic (exact) mass is 278 g/mol. The van der Waals surface area contributed by atoms with Crippen LogP contribution in [0.1, 0.15) is 30.1 Å². The second-order valence-electron chi connectivity index (χ2n) is 4.31. The predicted molar refractivity (Wildman–Crippen MR) is 73.0 cm³/mol. The molecule has 0 aliphatic rings. The lowest BCUT2D eigenvalue weighted by atomic mass is 10.1. The van der Waals surface area contributed by atoms with Crippen molar-refractivity contribution < 1.29 is 19.5 Å². The lowest BCUT2D eigenvalue weighted by Crippen LogP contribution is -2.48. The van der Waals surface area contributed by atoms with E-state index in [4.69, 9.17) is 10.8 Å². The molecular weight excluding hydrogens is 260 g/mol. The summed E-state index contributed by atoms with van der Waals surface area (Å²) in [4.78, 5) is 35.7. The number of rotatable bonds is 7. The highest BCUT2D eigenvalue weighted by Gasteiger charge is 2.28. The van der Waals surface area contributed by atoms with E-state index in [0.29, 0.717) is 5.56 Å². The standard InChI is InChI=1S/C14H18N2O4/c1-2-16(11(13(15)19)8-9-12(17)18)14(20)10-6-4-3-5-7-10/h3-7,11H,2,8-9H2,1H3,(H2,15,19)(H,17,18). The Hall–Kier alpha value is -2.37. The topological polar surface area (TPSA) is 101 Å². The Bertz CT molecular complexity index is 487. The Morgan fingerprint density at radius 1 is 1.25 bits per heavy atom. The number of primary amides is 1. The van der Waals surface area contributed by atoms with Crippen LogP contribution in [0.25, 0.3) is 0 Å². The Labute approximate surface area is 117 Å². The van der Waals surface area contributed by atoms with Crippen molar-refractivity contribution in [3.8, 4) is 0 Å². The summed E-state index contributed by atoms with van der Waals surface area (Å²) in [5, 5.41) is 8.70. The summed E-state index contributed by atoms with van der Waals surface area (Å²) in [5.74, 6) is -2.06. The normalized spacial score (nSPS) is 11.7. The summed E-state index contributed by atoms with van der Waals surface area (Å²) < 4.78 is 0. The average molecular weight is 278 g/mol. The van der Waals surface area contributed by atoms with Crippen LogP contribution in [0.2, 0.25) is 0 Å². The first-order valence-corrected chi connectivity index (χ1v) is 6.34. The number of carbonyl (C=O) groups is 3. The van der Waals surface area contributed by atoms with Crippen LogP contribution in [0.4, 0.5) is 0 Å². The first kappa shape index (κ1) is 15.7. The summed E-state index contributed by atoms with van der Waals surface area (Å²) >= 11 is 0. The van der Waals surface area contributed by atoms with Gasteiger partial charge in [0.15, 0.2) is 0 Å². The lowest BCUT2D eigenvalue weighted by Gasteiger charge is -2.28. The van der Waals surface area contributed by atoms with E-state index in [1.54, 1.807) is 37.3 Å². The van der Waals surface area contributed by atoms with Crippen LogP contribution in [0.3, 0.4) is 0 Å². The molecule has 0 saturated carbocycles. The maximum atomic E-state index is 12.3. The fraction of sp³-hybridized carbons (Fsp3) is 0.357. The molecule has 0 spiro atoms. The molecule has 1 atom stereocenters. The molecule has 108 valence electrons. The summed E-state index contributed by atoms with van der Waals surface area (Å²) in [7, 11) is 0. The average Bonchev–Trinajstić information content (AvgIpc) is 2.43. The maximum absolute atomic E-state index is 12.3. The van der Waals surface area contributed by atoms with Gasteiger partial charge in [0.1, 0.15) is 6.04 Å². The van der Waals surface area contributed by atoms with Crippen LogP contribution >= 0.6 is 0 Å². The molecular formula is C14H18N2O4.